The number of hydrogen-bond donors (Lipinski definition) is 1. The summed E-state index contributed by atoms with van der Waals surface area (Å²) >= 11 is 0. The van der Waals surface area contributed by atoms with Gasteiger partial charge in [-0.1, -0.05) is 5.57 Å². The van der Waals surface area contributed by atoms with Gasteiger partial charge >= 0.3 is 5.97 Å². The molecule has 1 unspecified atom stereocenters. The van der Waals surface area contributed by atoms with Gasteiger partial charge in [-0.05, 0) is 41.0 Å². The summed E-state index contributed by atoms with van der Waals surface area (Å²) in [6.07, 6.45) is 0.431. The van der Waals surface area contributed by atoms with Crippen LogP contribution in [0.15, 0.2) is 12.2 Å². The first-order valence-electron chi connectivity index (χ1n) is 5.67. The number of rotatable bonds is 6. The minimum Gasteiger partial charge on any atom is -0.465 e. The summed E-state index contributed by atoms with van der Waals surface area (Å²) in [7, 11) is -1.30. The third-order valence-electron chi connectivity index (χ3n) is 1.93. The average molecular weight is 261 g/mol. The highest BCUT2D eigenvalue weighted by Gasteiger charge is 2.27. The van der Waals surface area contributed by atoms with Crippen LogP contribution in [-0.4, -0.2) is 27.6 Å². The van der Waals surface area contributed by atoms with Crippen LogP contribution in [0.2, 0.25) is 0 Å². The molecule has 0 aliphatic rings. The highest BCUT2D eigenvalue weighted by molar-refractivity contribution is 7.84. The maximum Gasteiger partial charge on any atom is 0.324 e. The Labute approximate surface area is 106 Å². The second kappa shape index (κ2) is 6.91. The molecule has 0 spiro atoms. The van der Waals surface area contributed by atoms with Gasteiger partial charge in [-0.2, -0.15) is 0 Å². The van der Waals surface area contributed by atoms with Crippen LogP contribution >= 0.6 is 0 Å². The van der Waals surface area contributed by atoms with Gasteiger partial charge < -0.3 is 4.74 Å². The first kappa shape index (κ1) is 16.3. The minimum atomic E-state index is -1.30. The van der Waals surface area contributed by atoms with Crippen LogP contribution < -0.4 is 4.72 Å². The molecule has 4 nitrogen and oxygen atoms in total. The van der Waals surface area contributed by atoms with Gasteiger partial charge in [0.2, 0.25) is 0 Å². The summed E-state index contributed by atoms with van der Waals surface area (Å²) in [6.45, 7) is 13.2. The first-order chi connectivity index (χ1) is 7.68. The Morgan fingerprint density at radius 2 is 2.00 bits per heavy atom. The Kier molecular flexibility index (Phi) is 6.64. The van der Waals surface area contributed by atoms with Crippen molar-refractivity contribution in [3.05, 3.63) is 12.2 Å². The number of ether oxygens (including phenoxy) is 1. The normalized spacial score (nSPS) is 15.1. The second-order valence-electron chi connectivity index (χ2n) is 4.96. The monoisotopic (exact) mass is 261 g/mol. The molecule has 0 saturated heterocycles. The highest BCUT2D eigenvalue weighted by atomic mass is 32.2. The molecule has 0 heterocycles. The minimum absolute atomic E-state index is 0.315. The number of hydrogen-bond acceptors (Lipinski definition) is 3. The quantitative estimate of drug-likeness (QED) is 0.587. The molecular formula is C12H23NO3S. The maximum atomic E-state index is 11.9. The lowest BCUT2D eigenvalue weighted by Gasteiger charge is -2.23. The second-order valence-corrected chi connectivity index (χ2v) is 6.96. The van der Waals surface area contributed by atoms with Crippen molar-refractivity contribution in [3.8, 4) is 0 Å². The van der Waals surface area contributed by atoms with Crippen LogP contribution in [0.5, 0.6) is 0 Å². The fourth-order valence-electron chi connectivity index (χ4n) is 1.07. The van der Waals surface area contributed by atoms with Crippen LogP contribution in [-0.2, 0) is 20.5 Å². The molecule has 0 bridgehead atoms. The van der Waals surface area contributed by atoms with Crippen LogP contribution in [0.3, 0.4) is 0 Å². The molecule has 0 aromatic heterocycles. The van der Waals surface area contributed by atoms with Crippen molar-refractivity contribution in [2.24, 2.45) is 0 Å². The molecule has 0 rings (SSSR count). The van der Waals surface area contributed by atoms with Crippen LogP contribution in [0, 0.1) is 0 Å². The number of nitrogens with one attached hydrogen (secondary N) is 1. The fraction of sp³-hybridized carbons (Fsp3) is 0.750. The van der Waals surface area contributed by atoms with E-state index in [2.05, 4.69) is 11.3 Å². The van der Waals surface area contributed by atoms with Crippen LogP contribution in [0.25, 0.3) is 0 Å². The summed E-state index contributed by atoms with van der Waals surface area (Å²) < 4.78 is 19.3. The molecule has 17 heavy (non-hydrogen) atoms. The van der Waals surface area contributed by atoms with Gasteiger partial charge in [0.15, 0.2) is 0 Å². The van der Waals surface area contributed by atoms with Gasteiger partial charge in [0.05, 0.1) is 22.3 Å². The van der Waals surface area contributed by atoms with Crippen molar-refractivity contribution < 1.29 is 13.7 Å². The number of carbonyl (C=O) groups is 1. The summed E-state index contributed by atoms with van der Waals surface area (Å²) in [4.78, 5) is 11.7. The molecule has 0 saturated carbocycles. The Bertz CT molecular complexity index is 307. The van der Waals surface area contributed by atoms with E-state index in [-0.39, 0.29) is 5.97 Å². The molecular weight excluding hydrogens is 238 g/mol. The zero-order valence-corrected chi connectivity index (χ0v) is 12.1. The van der Waals surface area contributed by atoms with Crippen LogP contribution in [0.4, 0.5) is 0 Å². The molecule has 0 aromatic rings. The predicted octanol–water partition coefficient (Wildman–Crippen LogP) is 1.94. The molecule has 0 radical (unpaired) electrons. The van der Waals surface area contributed by atoms with Gasteiger partial charge in [0.25, 0.3) is 0 Å². The van der Waals surface area contributed by atoms with E-state index in [1.54, 1.807) is 6.92 Å². The predicted molar refractivity (Wildman–Crippen MR) is 70.9 cm³/mol. The van der Waals surface area contributed by atoms with Crippen LogP contribution in [0.1, 0.15) is 41.0 Å². The lowest BCUT2D eigenvalue weighted by Crippen LogP contribution is -2.44. The van der Waals surface area contributed by atoms with E-state index < -0.39 is 21.8 Å². The number of esters is 1. The first-order valence-corrected chi connectivity index (χ1v) is 6.82. The van der Waals surface area contributed by atoms with Gasteiger partial charge in [0.1, 0.15) is 6.04 Å². The largest absolute Gasteiger partial charge is 0.465 e. The molecule has 0 aromatic carbocycles. The topological polar surface area (TPSA) is 55.4 Å². The van der Waals surface area contributed by atoms with E-state index in [0.717, 1.165) is 5.57 Å². The van der Waals surface area contributed by atoms with Crippen molar-refractivity contribution in [2.75, 3.05) is 6.61 Å². The molecule has 1 N–H and O–H groups in total. The van der Waals surface area contributed by atoms with E-state index in [1.807, 2.05) is 27.7 Å². The molecule has 0 aliphatic carbocycles. The van der Waals surface area contributed by atoms with E-state index in [4.69, 9.17) is 4.74 Å². The summed E-state index contributed by atoms with van der Waals surface area (Å²) in [5, 5.41) is 0. The van der Waals surface area contributed by atoms with Gasteiger partial charge in [0, 0.05) is 0 Å². The average Bonchev–Trinajstić information content (AvgIpc) is 2.14. The Morgan fingerprint density at radius 1 is 1.47 bits per heavy atom. The van der Waals surface area contributed by atoms with Crippen molar-refractivity contribution in [1.29, 1.82) is 0 Å². The van der Waals surface area contributed by atoms with E-state index in [1.165, 1.54) is 0 Å². The molecule has 0 fully saturated rings. The smallest absolute Gasteiger partial charge is 0.324 e. The van der Waals surface area contributed by atoms with Gasteiger partial charge in [-0.25, -0.2) is 8.93 Å². The molecule has 2 atom stereocenters. The zero-order valence-electron chi connectivity index (χ0n) is 11.3. The molecule has 5 heteroatoms. The number of carbonyl (C=O) groups excluding carboxylic acids is 1. The lowest BCUT2D eigenvalue weighted by molar-refractivity contribution is -0.145. The van der Waals surface area contributed by atoms with E-state index in [0.29, 0.717) is 13.0 Å². The van der Waals surface area contributed by atoms with Crippen molar-refractivity contribution >= 4 is 17.0 Å². The van der Waals surface area contributed by atoms with Crippen molar-refractivity contribution in [1.82, 2.24) is 4.72 Å². The zero-order chi connectivity index (χ0) is 13.6. The molecule has 0 aliphatic heterocycles. The Hall–Kier alpha value is -0.680. The van der Waals surface area contributed by atoms with Crippen molar-refractivity contribution in [3.63, 3.8) is 0 Å². The fourth-order valence-corrected chi connectivity index (χ4v) is 1.86. The standard InChI is InChI=1S/C12H23NO3S/c1-7-16-11(14)10(8-9(2)3)13-17(15)12(4,5)6/h10,13H,2,7-8H2,1,3-6H3/t10-,17?/m0/s1. The summed E-state index contributed by atoms with van der Waals surface area (Å²) in [6, 6.07) is -0.590. The summed E-state index contributed by atoms with van der Waals surface area (Å²) in [5.41, 5.74) is 0.849. The van der Waals surface area contributed by atoms with E-state index in [9.17, 15) is 9.00 Å². The molecule has 0 amide bonds. The SMILES string of the molecule is C=C(C)C[C@H](NS(=O)C(C)(C)C)C(=O)OCC. The highest BCUT2D eigenvalue weighted by Crippen LogP contribution is 2.12. The van der Waals surface area contributed by atoms with E-state index >= 15 is 0 Å². The summed E-state index contributed by atoms with van der Waals surface area (Å²) in [5.74, 6) is -0.381. The maximum absolute atomic E-state index is 11.9. The molecule has 100 valence electrons. The Morgan fingerprint density at radius 3 is 2.35 bits per heavy atom. The third kappa shape index (κ3) is 6.58. The Balaban J connectivity index is 4.65. The third-order valence-corrected chi connectivity index (χ3v) is 3.54. The van der Waals surface area contributed by atoms with Crippen molar-refractivity contribution in [2.45, 2.75) is 51.8 Å². The lowest BCUT2D eigenvalue weighted by atomic mass is 10.1. The van der Waals surface area contributed by atoms with Gasteiger partial charge in [-0.3, -0.25) is 4.79 Å². The van der Waals surface area contributed by atoms with Gasteiger partial charge in [-0.15, -0.1) is 6.58 Å².